The lowest BCUT2D eigenvalue weighted by Crippen LogP contribution is -2.49. The number of aromatic nitrogens is 3. The van der Waals surface area contributed by atoms with Crippen LogP contribution in [0.2, 0.25) is 0 Å². The molecule has 1 aromatic rings. The molecule has 2 heterocycles. The van der Waals surface area contributed by atoms with Crippen molar-refractivity contribution in [3.05, 3.63) is 12.2 Å². The van der Waals surface area contributed by atoms with E-state index in [0.717, 1.165) is 37.8 Å². The second-order valence-corrected chi connectivity index (χ2v) is 6.24. The van der Waals surface area contributed by atoms with E-state index in [9.17, 15) is 0 Å². The molecule has 2 rings (SSSR count). The number of nitrogens with one attached hydrogen (secondary N) is 1. The van der Waals surface area contributed by atoms with E-state index in [-0.39, 0.29) is 5.41 Å². The smallest absolute Gasteiger partial charge is 0.228 e. The van der Waals surface area contributed by atoms with Crippen molar-refractivity contribution in [2.24, 2.45) is 5.41 Å². The standard InChI is InChI=1S/C13H23N5/c1-10-8-18(6-5-14-10)12-16-9-15-11(17-12)7-13(2,3)4/h9-10,14H,5-8H2,1-4H3/t10-/m0/s1. The summed E-state index contributed by atoms with van der Waals surface area (Å²) in [5, 5.41) is 3.42. The molecule has 1 aliphatic rings. The molecule has 1 N–H and O–H groups in total. The molecule has 0 bridgehead atoms. The highest BCUT2D eigenvalue weighted by atomic mass is 15.3. The van der Waals surface area contributed by atoms with Crippen LogP contribution >= 0.6 is 0 Å². The Bertz CT molecular complexity index is 399. The summed E-state index contributed by atoms with van der Waals surface area (Å²) in [6.45, 7) is 11.7. The zero-order valence-corrected chi connectivity index (χ0v) is 11.8. The van der Waals surface area contributed by atoms with Gasteiger partial charge in [0.25, 0.3) is 0 Å². The van der Waals surface area contributed by atoms with Crippen molar-refractivity contribution in [2.75, 3.05) is 24.5 Å². The molecule has 1 aromatic heterocycles. The maximum absolute atomic E-state index is 4.59. The molecule has 1 fully saturated rings. The average molecular weight is 249 g/mol. The molecule has 5 nitrogen and oxygen atoms in total. The summed E-state index contributed by atoms with van der Waals surface area (Å²) in [5.41, 5.74) is 0.204. The van der Waals surface area contributed by atoms with Crippen LogP contribution in [0.1, 0.15) is 33.5 Å². The number of anilines is 1. The largest absolute Gasteiger partial charge is 0.338 e. The van der Waals surface area contributed by atoms with E-state index < -0.39 is 0 Å². The Kier molecular flexibility index (Phi) is 3.80. The van der Waals surface area contributed by atoms with Gasteiger partial charge in [-0.05, 0) is 12.3 Å². The quantitative estimate of drug-likeness (QED) is 0.855. The first-order valence-electron chi connectivity index (χ1n) is 6.60. The third kappa shape index (κ3) is 3.63. The first-order valence-corrected chi connectivity index (χ1v) is 6.60. The fraction of sp³-hybridized carbons (Fsp3) is 0.769. The summed E-state index contributed by atoms with van der Waals surface area (Å²) in [6.07, 6.45) is 2.51. The molecular weight excluding hydrogens is 226 g/mol. The number of hydrogen-bond donors (Lipinski definition) is 1. The monoisotopic (exact) mass is 249 g/mol. The summed E-state index contributed by atoms with van der Waals surface area (Å²) >= 11 is 0. The average Bonchev–Trinajstić information content (AvgIpc) is 2.27. The zero-order chi connectivity index (χ0) is 13.2. The van der Waals surface area contributed by atoms with Crippen molar-refractivity contribution < 1.29 is 0 Å². The van der Waals surface area contributed by atoms with Crippen molar-refractivity contribution >= 4 is 5.95 Å². The Morgan fingerprint density at radius 3 is 2.83 bits per heavy atom. The van der Waals surface area contributed by atoms with Crippen molar-refractivity contribution in [2.45, 2.75) is 40.2 Å². The summed E-state index contributed by atoms with van der Waals surface area (Å²) in [4.78, 5) is 15.4. The summed E-state index contributed by atoms with van der Waals surface area (Å²) < 4.78 is 0. The Morgan fingerprint density at radius 2 is 2.17 bits per heavy atom. The number of rotatable bonds is 2. The molecule has 5 heteroatoms. The van der Waals surface area contributed by atoms with Gasteiger partial charge in [0.2, 0.25) is 5.95 Å². The van der Waals surface area contributed by atoms with Gasteiger partial charge in [0, 0.05) is 32.1 Å². The minimum atomic E-state index is 0.204. The Hall–Kier alpha value is -1.23. The molecule has 0 aliphatic carbocycles. The van der Waals surface area contributed by atoms with Crippen LogP contribution in [0, 0.1) is 5.41 Å². The summed E-state index contributed by atoms with van der Waals surface area (Å²) in [7, 11) is 0. The Morgan fingerprint density at radius 1 is 1.39 bits per heavy atom. The maximum atomic E-state index is 4.59. The first kappa shape index (κ1) is 13.2. The molecule has 0 radical (unpaired) electrons. The first-order chi connectivity index (χ1) is 8.44. The van der Waals surface area contributed by atoms with Gasteiger partial charge < -0.3 is 10.2 Å². The number of nitrogens with zero attached hydrogens (tertiary/aromatic N) is 4. The predicted octanol–water partition coefficient (Wildman–Crippen LogP) is 1.26. The van der Waals surface area contributed by atoms with Crippen LogP contribution in [0.5, 0.6) is 0 Å². The normalized spacial score (nSPS) is 21.1. The highest BCUT2D eigenvalue weighted by Crippen LogP contribution is 2.19. The van der Waals surface area contributed by atoms with Gasteiger partial charge in [-0.3, -0.25) is 0 Å². The van der Waals surface area contributed by atoms with Crippen LogP contribution in [0.4, 0.5) is 5.95 Å². The lowest BCUT2D eigenvalue weighted by atomic mass is 9.92. The van der Waals surface area contributed by atoms with Gasteiger partial charge in [0.15, 0.2) is 0 Å². The summed E-state index contributed by atoms with van der Waals surface area (Å²) in [6, 6.07) is 0.488. The third-order valence-corrected chi connectivity index (χ3v) is 2.95. The number of hydrogen-bond acceptors (Lipinski definition) is 5. The van der Waals surface area contributed by atoms with Gasteiger partial charge in [-0.1, -0.05) is 20.8 Å². The van der Waals surface area contributed by atoms with Crippen molar-refractivity contribution in [3.63, 3.8) is 0 Å². The minimum Gasteiger partial charge on any atom is -0.338 e. The SMILES string of the molecule is C[C@H]1CN(c2ncnc(CC(C)(C)C)n2)CCN1. The molecule has 0 saturated carbocycles. The lowest BCUT2D eigenvalue weighted by Gasteiger charge is -2.31. The molecule has 18 heavy (non-hydrogen) atoms. The van der Waals surface area contributed by atoms with Gasteiger partial charge in [-0.25, -0.2) is 9.97 Å². The van der Waals surface area contributed by atoms with Gasteiger partial charge in [-0.2, -0.15) is 4.98 Å². The lowest BCUT2D eigenvalue weighted by molar-refractivity contribution is 0.399. The molecule has 1 aliphatic heterocycles. The number of piperazine rings is 1. The molecule has 0 spiro atoms. The molecular formula is C13H23N5. The topological polar surface area (TPSA) is 53.9 Å². The maximum Gasteiger partial charge on any atom is 0.228 e. The van der Waals surface area contributed by atoms with E-state index in [2.05, 4.69) is 52.9 Å². The van der Waals surface area contributed by atoms with E-state index in [1.807, 2.05) is 0 Å². The van der Waals surface area contributed by atoms with Crippen LogP contribution in [0.3, 0.4) is 0 Å². The van der Waals surface area contributed by atoms with Gasteiger partial charge in [-0.15, -0.1) is 0 Å². The predicted molar refractivity (Wildman–Crippen MR) is 72.7 cm³/mol. The van der Waals surface area contributed by atoms with E-state index in [0.29, 0.717) is 6.04 Å². The van der Waals surface area contributed by atoms with E-state index in [4.69, 9.17) is 0 Å². The molecule has 1 saturated heterocycles. The van der Waals surface area contributed by atoms with E-state index in [1.54, 1.807) is 6.33 Å². The highest BCUT2D eigenvalue weighted by Gasteiger charge is 2.19. The van der Waals surface area contributed by atoms with Crippen molar-refractivity contribution in [1.29, 1.82) is 0 Å². The second kappa shape index (κ2) is 5.18. The Balaban J connectivity index is 2.11. The fourth-order valence-corrected chi connectivity index (χ4v) is 2.15. The van der Waals surface area contributed by atoms with Crippen LogP contribution < -0.4 is 10.2 Å². The van der Waals surface area contributed by atoms with Crippen molar-refractivity contribution in [3.8, 4) is 0 Å². The van der Waals surface area contributed by atoms with Crippen LogP contribution in [-0.4, -0.2) is 40.6 Å². The molecule has 0 aromatic carbocycles. The van der Waals surface area contributed by atoms with Crippen molar-refractivity contribution in [1.82, 2.24) is 20.3 Å². The Labute approximate surface area is 109 Å². The fourth-order valence-electron chi connectivity index (χ4n) is 2.15. The minimum absolute atomic E-state index is 0.204. The molecule has 100 valence electrons. The molecule has 1 atom stereocenters. The highest BCUT2D eigenvalue weighted by molar-refractivity contribution is 5.30. The summed E-state index contributed by atoms with van der Waals surface area (Å²) in [5.74, 6) is 1.70. The van der Waals surface area contributed by atoms with E-state index >= 15 is 0 Å². The van der Waals surface area contributed by atoms with Gasteiger partial charge in [0.05, 0.1) is 0 Å². The van der Waals surface area contributed by atoms with Crippen LogP contribution in [0.15, 0.2) is 6.33 Å². The third-order valence-electron chi connectivity index (χ3n) is 2.95. The van der Waals surface area contributed by atoms with Crippen LogP contribution in [0.25, 0.3) is 0 Å². The van der Waals surface area contributed by atoms with Gasteiger partial charge in [0.1, 0.15) is 12.2 Å². The van der Waals surface area contributed by atoms with E-state index in [1.165, 1.54) is 0 Å². The van der Waals surface area contributed by atoms with Gasteiger partial charge >= 0.3 is 0 Å². The second-order valence-electron chi connectivity index (χ2n) is 6.24. The molecule has 0 unspecified atom stereocenters. The zero-order valence-electron chi connectivity index (χ0n) is 11.8. The van der Waals surface area contributed by atoms with Crippen LogP contribution in [-0.2, 0) is 6.42 Å². The molecule has 0 amide bonds.